The van der Waals surface area contributed by atoms with Crippen LogP contribution in [0.1, 0.15) is 38.7 Å². The van der Waals surface area contributed by atoms with Crippen molar-refractivity contribution in [2.75, 3.05) is 20.1 Å². The maximum atomic E-state index is 14.0. The average Bonchev–Trinajstić information content (AvgIpc) is 2.75. The molecule has 3 rings (SSSR count). The van der Waals surface area contributed by atoms with Gasteiger partial charge in [0.25, 0.3) is 0 Å². The number of nitrogens with zero attached hydrogens (tertiary/aromatic N) is 3. The monoisotopic (exact) mass is 441 g/mol. The average molecular weight is 442 g/mol. The van der Waals surface area contributed by atoms with Crippen molar-refractivity contribution in [2.45, 2.75) is 45.6 Å². The van der Waals surface area contributed by atoms with E-state index in [1.165, 1.54) is 0 Å². The lowest BCUT2D eigenvalue weighted by Crippen LogP contribution is -2.38. The second-order valence-electron chi connectivity index (χ2n) is 8.46. The number of likely N-dealkylation sites (tertiary alicyclic amines) is 1. The van der Waals surface area contributed by atoms with E-state index < -0.39 is 0 Å². The van der Waals surface area contributed by atoms with Gasteiger partial charge in [0.15, 0.2) is 0 Å². The molecule has 1 atom stereocenters. The number of amidine groups is 1. The Labute approximate surface area is 191 Å². The van der Waals surface area contributed by atoms with Crippen molar-refractivity contribution in [3.8, 4) is 0 Å². The van der Waals surface area contributed by atoms with Gasteiger partial charge in [-0.25, -0.2) is 9.38 Å². The summed E-state index contributed by atoms with van der Waals surface area (Å²) in [6.45, 7) is 9.62. The molecule has 1 aromatic carbocycles. The Kier molecular flexibility index (Phi) is 8.14. The third-order valence-electron chi connectivity index (χ3n) is 6.27. The first-order chi connectivity index (χ1) is 14.9. The highest BCUT2D eigenvalue weighted by molar-refractivity contribution is 6.30. The Morgan fingerprint density at radius 2 is 2.00 bits per heavy atom. The lowest BCUT2D eigenvalue weighted by molar-refractivity contribution is 0.227. The van der Waals surface area contributed by atoms with Crippen molar-refractivity contribution in [3.63, 3.8) is 0 Å². The van der Waals surface area contributed by atoms with E-state index >= 15 is 0 Å². The van der Waals surface area contributed by atoms with Crippen molar-refractivity contribution < 1.29 is 4.39 Å². The molecule has 0 N–H and O–H groups in total. The Morgan fingerprint density at radius 3 is 2.65 bits per heavy atom. The molecule has 5 heteroatoms. The van der Waals surface area contributed by atoms with Crippen LogP contribution in [-0.2, 0) is 6.42 Å². The molecule has 0 amide bonds. The summed E-state index contributed by atoms with van der Waals surface area (Å²) < 4.78 is 14.0. The summed E-state index contributed by atoms with van der Waals surface area (Å²) in [7, 11) is 2.05. The molecule has 3 nitrogen and oxygen atoms in total. The van der Waals surface area contributed by atoms with Crippen molar-refractivity contribution in [1.82, 2.24) is 9.80 Å². The zero-order valence-corrected chi connectivity index (χ0v) is 19.6. The fourth-order valence-electron chi connectivity index (χ4n) is 4.33. The first-order valence-corrected chi connectivity index (χ1v) is 11.4. The molecule has 1 fully saturated rings. The molecule has 166 valence electrons. The predicted molar refractivity (Wildman–Crippen MR) is 130 cm³/mol. The lowest BCUT2D eigenvalue weighted by Gasteiger charge is -2.37. The second-order valence-corrected chi connectivity index (χ2v) is 8.92. The number of rotatable bonds is 6. The van der Waals surface area contributed by atoms with Crippen LogP contribution < -0.4 is 0 Å². The lowest BCUT2D eigenvalue weighted by atomic mass is 9.89. The Balaban J connectivity index is 1.57. The predicted octanol–water partition coefficient (Wildman–Crippen LogP) is 6.30. The van der Waals surface area contributed by atoms with Crippen LogP contribution in [0.15, 0.2) is 76.6 Å². The van der Waals surface area contributed by atoms with Gasteiger partial charge < -0.3 is 9.80 Å². The smallest absolute Gasteiger partial charge is 0.126 e. The molecular weight excluding hydrogens is 409 g/mol. The minimum atomic E-state index is -0.0879. The van der Waals surface area contributed by atoms with E-state index in [1.54, 1.807) is 18.2 Å². The van der Waals surface area contributed by atoms with Crippen molar-refractivity contribution in [2.24, 2.45) is 10.9 Å². The van der Waals surface area contributed by atoms with Crippen LogP contribution in [0, 0.1) is 11.7 Å². The number of halogens is 2. The molecule has 1 heterocycles. The molecule has 31 heavy (non-hydrogen) atoms. The maximum absolute atomic E-state index is 14.0. The second kappa shape index (κ2) is 10.8. The molecule has 0 bridgehead atoms. The summed E-state index contributed by atoms with van der Waals surface area (Å²) in [6, 6.07) is 7.32. The fourth-order valence-corrected chi connectivity index (χ4v) is 4.67. The molecule has 0 saturated carbocycles. The standard InChI is InChI=1S/C26H33ClFN3/c1-5-8-19(2)29-20(3)30(4)23-11-12-26(24(27)18-23)31-15-13-21(14-16-31)17-22-9-6-7-10-25(22)28/h5-12,21,23H,1,13-18H2,2-4H3/b19-8-,29-20?/t23-/m1/s1. The number of allylic oxidation sites excluding steroid dienone is 4. The first-order valence-electron chi connectivity index (χ1n) is 11.0. The third kappa shape index (κ3) is 6.10. The number of aliphatic imine (C=N–C) groups is 1. The number of likely N-dealkylation sites (N-methyl/N-ethyl adjacent to an activating group) is 1. The van der Waals surface area contributed by atoms with Gasteiger partial charge in [-0.3, -0.25) is 0 Å². The normalized spacial score (nSPS) is 20.9. The van der Waals surface area contributed by atoms with E-state index in [0.29, 0.717) is 5.92 Å². The van der Waals surface area contributed by atoms with Gasteiger partial charge in [-0.2, -0.15) is 0 Å². The van der Waals surface area contributed by atoms with Crippen LogP contribution >= 0.6 is 11.6 Å². The van der Waals surface area contributed by atoms with Gasteiger partial charge in [0.1, 0.15) is 11.7 Å². The summed E-state index contributed by atoms with van der Waals surface area (Å²) in [6.07, 6.45) is 11.7. The van der Waals surface area contributed by atoms with Crippen molar-refractivity contribution in [3.05, 3.63) is 83.0 Å². The summed E-state index contributed by atoms with van der Waals surface area (Å²) in [4.78, 5) is 9.17. The van der Waals surface area contributed by atoms with Gasteiger partial charge in [0.05, 0.1) is 11.7 Å². The van der Waals surface area contributed by atoms with Gasteiger partial charge in [-0.1, -0.05) is 48.5 Å². The molecule has 0 unspecified atom stereocenters. The van der Waals surface area contributed by atoms with Crippen LogP contribution in [0.3, 0.4) is 0 Å². The van der Waals surface area contributed by atoms with Gasteiger partial charge in [-0.15, -0.1) is 0 Å². The molecule has 1 aliphatic carbocycles. The van der Waals surface area contributed by atoms with E-state index in [0.717, 1.165) is 66.6 Å². The number of benzene rings is 1. The molecule has 1 saturated heterocycles. The van der Waals surface area contributed by atoms with Crippen LogP contribution in [-0.4, -0.2) is 41.8 Å². The van der Waals surface area contributed by atoms with E-state index in [2.05, 4.69) is 40.6 Å². The molecule has 1 aromatic rings. The van der Waals surface area contributed by atoms with Crippen LogP contribution in [0.25, 0.3) is 0 Å². The molecule has 2 aliphatic rings. The quantitative estimate of drug-likeness (QED) is 0.293. The highest BCUT2D eigenvalue weighted by atomic mass is 35.5. The number of piperidine rings is 1. The Hall–Kier alpha value is -2.33. The topological polar surface area (TPSA) is 18.8 Å². The summed E-state index contributed by atoms with van der Waals surface area (Å²) >= 11 is 6.75. The molecule has 0 radical (unpaired) electrons. The number of hydrogen-bond acceptors (Lipinski definition) is 2. The Morgan fingerprint density at radius 1 is 1.29 bits per heavy atom. The minimum Gasteiger partial charge on any atom is -0.371 e. The highest BCUT2D eigenvalue weighted by Gasteiger charge is 2.26. The van der Waals surface area contributed by atoms with Crippen LogP contribution in [0.5, 0.6) is 0 Å². The zero-order valence-electron chi connectivity index (χ0n) is 18.8. The summed E-state index contributed by atoms with van der Waals surface area (Å²) in [5.74, 6) is 1.38. The van der Waals surface area contributed by atoms with Crippen molar-refractivity contribution in [1.29, 1.82) is 0 Å². The van der Waals surface area contributed by atoms with Gasteiger partial charge in [0, 0.05) is 37.3 Å². The maximum Gasteiger partial charge on any atom is 0.126 e. The molecule has 1 aliphatic heterocycles. The Bertz CT molecular complexity index is 907. The van der Waals surface area contributed by atoms with Crippen molar-refractivity contribution >= 4 is 17.4 Å². The minimum absolute atomic E-state index is 0.0879. The molecule has 0 aromatic heterocycles. The van der Waals surface area contributed by atoms with E-state index in [9.17, 15) is 4.39 Å². The van der Waals surface area contributed by atoms with E-state index in [-0.39, 0.29) is 11.9 Å². The summed E-state index contributed by atoms with van der Waals surface area (Å²) in [5, 5.41) is 0.901. The highest BCUT2D eigenvalue weighted by Crippen LogP contribution is 2.31. The van der Waals surface area contributed by atoms with Gasteiger partial charge in [-0.05, 0) is 62.8 Å². The number of hydrogen-bond donors (Lipinski definition) is 0. The zero-order chi connectivity index (χ0) is 22.4. The van der Waals surface area contributed by atoms with E-state index in [4.69, 9.17) is 11.6 Å². The third-order valence-corrected chi connectivity index (χ3v) is 6.62. The van der Waals surface area contributed by atoms with E-state index in [1.807, 2.05) is 32.1 Å². The first kappa shape index (κ1) is 23.3. The van der Waals surface area contributed by atoms with Crippen LogP contribution in [0.2, 0.25) is 0 Å². The molecular formula is C26H33ClFN3. The summed E-state index contributed by atoms with van der Waals surface area (Å²) in [5.41, 5.74) is 2.89. The fraction of sp³-hybridized carbons (Fsp3) is 0.423. The largest absolute Gasteiger partial charge is 0.371 e. The SMILES string of the molecule is C=C/C=C(/C)N=C(C)N(C)[C@@H]1C=CC(N2CCC(Cc3ccccc3F)CC2)=C(Cl)C1. The van der Waals surface area contributed by atoms with Gasteiger partial charge >= 0.3 is 0 Å². The van der Waals surface area contributed by atoms with Crippen LogP contribution in [0.4, 0.5) is 4.39 Å². The van der Waals surface area contributed by atoms with Gasteiger partial charge in [0.2, 0.25) is 0 Å². The molecule has 0 spiro atoms.